The number of nitrogens with two attached hydrogens (primary N) is 1. The number of hydrogen-bond donors (Lipinski definition) is 4. The minimum Gasteiger partial charge on any atom is -0.387 e. The van der Waals surface area contributed by atoms with E-state index in [0.29, 0.717) is 17.7 Å². The molecule has 0 amide bonds. The molecule has 1 fully saturated rings. The summed E-state index contributed by atoms with van der Waals surface area (Å²) < 4.78 is 42.5. The van der Waals surface area contributed by atoms with Crippen molar-refractivity contribution >= 4 is 19.2 Å². The maximum atomic E-state index is 13.1. The van der Waals surface area contributed by atoms with Gasteiger partial charge < -0.3 is 35.1 Å². The molecule has 0 aliphatic carbocycles. The maximum absolute atomic E-state index is 13.1. The van der Waals surface area contributed by atoms with E-state index in [4.69, 9.17) is 29.0 Å². The average molecular weight is 838 g/mol. The van der Waals surface area contributed by atoms with Crippen molar-refractivity contribution < 1.29 is 42.9 Å². The molecule has 1 aliphatic rings. The van der Waals surface area contributed by atoms with E-state index in [-0.39, 0.29) is 35.9 Å². The standard InChI is InChI=1S/C42H60N7O9P/c1-2-3-4-5-6-7-8-9-10-11-12-13-14-15-16-17-20-54-27-35(55-26-34-22-32(24-43)21-33(23-34)25-44)28-56-59(52,53)57-29-37-39(50)40(51)42(30-45,58-37)38-19-18-36-41(46)47-31-48-49(36)38/h18-19,21-23,31,35,37,39-40,50-51H,2-17,20,26-29H2,1H3,(H,52,53)(H2,46,47,48)/t35-,37-,39-,40-,42+/m1/s1. The highest BCUT2D eigenvalue weighted by Gasteiger charge is 2.58. The largest absolute Gasteiger partial charge is 0.472 e. The van der Waals surface area contributed by atoms with E-state index in [1.54, 1.807) is 12.1 Å². The summed E-state index contributed by atoms with van der Waals surface area (Å²) in [5, 5.41) is 54.8. The van der Waals surface area contributed by atoms with Crippen LogP contribution in [0, 0.1) is 34.0 Å². The quantitative estimate of drug-likeness (QED) is 0.0410. The number of benzene rings is 1. The Hall–Kier alpha value is -3.98. The molecule has 16 nitrogen and oxygen atoms in total. The van der Waals surface area contributed by atoms with E-state index in [1.807, 2.05) is 18.2 Å². The number of phosphoric ester groups is 1. The van der Waals surface area contributed by atoms with Crippen LogP contribution in [-0.2, 0) is 40.0 Å². The SMILES string of the molecule is CCCCCCCCCCCCCCCCCCOC[C@H](COP(=O)(O)OC[C@H]1O[C@@](C#N)(c2ccc3c(N)ncnn23)[C@H](O)[C@@H]1O)OCc1cc(C#N)cc(C#N)c1. The molecule has 0 radical (unpaired) electrons. The summed E-state index contributed by atoms with van der Waals surface area (Å²) in [4.78, 5) is 14.5. The normalized spacial score (nSPS) is 20.5. The summed E-state index contributed by atoms with van der Waals surface area (Å²) in [7, 11) is -4.82. The van der Waals surface area contributed by atoms with Crippen molar-refractivity contribution in [1.82, 2.24) is 14.6 Å². The molecule has 1 unspecified atom stereocenters. The highest BCUT2D eigenvalue weighted by molar-refractivity contribution is 7.47. The van der Waals surface area contributed by atoms with Gasteiger partial charge in [-0.05, 0) is 42.3 Å². The van der Waals surface area contributed by atoms with Crippen LogP contribution in [0.25, 0.3) is 5.52 Å². The van der Waals surface area contributed by atoms with Crippen molar-refractivity contribution in [1.29, 1.82) is 15.8 Å². The van der Waals surface area contributed by atoms with Crippen LogP contribution in [0.4, 0.5) is 5.82 Å². The summed E-state index contributed by atoms with van der Waals surface area (Å²) in [5.74, 6) is 0.112. The molecule has 17 heteroatoms. The van der Waals surface area contributed by atoms with E-state index in [0.717, 1.165) is 25.6 Å². The topological polar surface area (TPSA) is 251 Å². The Balaban J connectivity index is 1.22. The van der Waals surface area contributed by atoms with Gasteiger partial charge in [0.15, 0.2) is 5.82 Å². The van der Waals surface area contributed by atoms with Crippen LogP contribution in [0.1, 0.15) is 132 Å². The zero-order valence-electron chi connectivity index (χ0n) is 34.1. The van der Waals surface area contributed by atoms with Crippen molar-refractivity contribution in [3.05, 3.63) is 59.0 Å². The predicted octanol–water partition coefficient (Wildman–Crippen LogP) is 6.89. The number of anilines is 1. The van der Waals surface area contributed by atoms with Gasteiger partial charge in [-0.15, -0.1) is 0 Å². The van der Waals surface area contributed by atoms with Crippen LogP contribution in [0.2, 0.25) is 0 Å². The first-order chi connectivity index (χ1) is 28.6. The van der Waals surface area contributed by atoms with Crippen molar-refractivity contribution in [3.8, 4) is 18.2 Å². The number of nitrogens with zero attached hydrogens (tertiary/aromatic N) is 6. The smallest absolute Gasteiger partial charge is 0.387 e. The van der Waals surface area contributed by atoms with Gasteiger partial charge in [-0.25, -0.2) is 14.1 Å². The molecule has 0 bridgehead atoms. The Morgan fingerprint density at radius 2 is 1.47 bits per heavy atom. The second-order valence-corrected chi connectivity index (χ2v) is 16.6. The minimum absolute atomic E-state index is 0.0163. The molecule has 322 valence electrons. The third-order valence-corrected chi connectivity index (χ3v) is 11.4. The van der Waals surface area contributed by atoms with Crippen molar-refractivity contribution in [3.63, 3.8) is 0 Å². The third-order valence-electron chi connectivity index (χ3n) is 10.5. The summed E-state index contributed by atoms with van der Waals surface area (Å²) >= 11 is 0. The van der Waals surface area contributed by atoms with Crippen LogP contribution in [-0.4, -0.2) is 80.5 Å². The number of unbranched alkanes of at least 4 members (excludes halogenated alkanes) is 15. The molecule has 2 aromatic heterocycles. The van der Waals surface area contributed by atoms with Gasteiger partial charge in [0.25, 0.3) is 0 Å². The Kier molecular flexibility index (Phi) is 20.2. The monoisotopic (exact) mass is 837 g/mol. The molecule has 1 saturated heterocycles. The van der Waals surface area contributed by atoms with Gasteiger partial charge in [-0.2, -0.15) is 20.9 Å². The van der Waals surface area contributed by atoms with Gasteiger partial charge >= 0.3 is 7.82 Å². The summed E-state index contributed by atoms with van der Waals surface area (Å²) in [5.41, 5.74) is 5.29. The minimum atomic E-state index is -4.82. The number of aliphatic hydroxyl groups is 2. The highest BCUT2D eigenvalue weighted by atomic mass is 31.2. The molecule has 1 aromatic carbocycles. The second-order valence-electron chi connectivity index (χ2n) is 15.1. The van der Waals surface area contributed by atoms with Gasteiger partial charge in [0, 0.05) is 6.61 Å². The molecule has 3 heterocycles. The first-order valence-electron chi connectivity index (χ1n) is 20.9. The molecule has 59 heavy (non-hydrogen) atoms. The average Bonchev–Trinajstić information content (AvgIpc) is 3.79. The Labute approximate surface area is 347 Å². The van der Waals surface area contributed by atoms with Crippen LogP contribution in [0.15, 0.2) is 36.7 Å². The number of aliphatic hydroxyl groups excluding tert-OH is 2. The summed E-state index contributed by atoms with van der Waals surface area (Å²) in [6.07, 6.45) is 15.5. The number of fused-ring (bicyclic) bond motifs is 1. The lowest BCUT2D eigenvalue weighted by molar-refractivity contribution is -0.0690. The second kappa shape index (κ2) is 24.9. The molecule has 6 atom stereocenters. The number of nitriles is 3. The lowest BCUT2D eigenvalue weighted by atomic mass is 9.92. The number of hydrogen-bond acceptors (Lipinski definition) is 14. The van der Waals surface area contributed by atoms with Crippen molar-refractivity contribution in [2.24, 2.45) is 0 Å². The Morgan fingerprint density at radius 3 is 2.05 bits per heavy atom. The first-order valence-corrected chi connectivity index (χ1v) is 22.4. The number of nitrogen functional groups attached to an aromatic ring is 1. The van der Waals surface area contributed by atoms with E-state index < -0.39 is 51.1 Å². The van der Waals surface area contributed by atoms with Crippen LogP contribution in [0.3, 0.4) is 0 Å². The van der Waals surface area contributed by atoms with Gasteiger partial charge in [0.05, 0.1) is 55.4 Å². The van der Waals surface area contributed by atoms with Gasteiger partial charge in [0.1, 0.15) is 42.3 Å². The van der Waals surface area contributed by atoms with Crippen molar-refractivity contribution in [2.75, 3.05) is 32.2 Å². The van der Waals surface area contributed by atoms with Crippen LogP contribution >= 0.6 is 7.82 Å². The van der Waals surface area contributed by atoms with E-state index in [1.165, 1.54) is 106 Å². The molecule has 5 N–H and O–H groups in total. The number of phosphoric acid groups is 1. The van der Waals surface area contributed by atoms with E-state index in [2.05, 4.69) is 17.0 Å². The lowest BCUT2D eigenvalue weighted by Gasteiger charge is -2.24. The molecule has 0 saturated carbocycles. The fourth-order valence-electron chi connectivity index (χ4n) is 7.16. The summed E-state index contributed by atoms with van der Waals surface area (Å²) in [6.45, 7) is 1.51. The number of ether oxygens (including phenoxy) is 3. The molecular weight excluding hydrogens is 777 g/mol. The third kappa shape index (κ3) is 14.6. The molecule has 0 spiro atoms. The fraction of sp³-hybridized carbons (Fsp3) is 0.643. The molecule has 1 aliphatic heterocycles. The number of aromatic nitrogens is 3. The zero-order chi connectivity index (χ0) is 42.5. The fourth-order valence-corrected chi connectivity index (χ4v) is 7.93. The van der Waals surface area contributed by atoms with Crippen molar-refractivity contribution in [2.45, 2.75) is 146 Å². The van der Waals surface area contributed by atoms with Gasteiger partial charge in [-0.1, -0.05) is 103 Å². The Morgan fingerprint density at radius 1 is 0.881 bits per heavy atom. The summed E-state index contributed by atoms with van der Waals surface area (Å²) in [6, 6.07) is 13.5. The first kappa shape index (κ1) is 47.7. The Bertz CT molecular complexity index is 1880. The van der Waals surface area contributed by atoms with Crippen LogP contribution in [0.5, 0.6) is 0 Å². The van der Waals surface area contributed by atoms with E-state index in [9.17, 15) is 35.5 Å². The molecular formula is C42H60N7O9P. The van der Waals surface area contributed by atoms with Crippen LogP contribution < -0.4 is 5.73 Å². The molecule has 4 rings (SSSR count). The zero-order valence-corrected chi connectivity index (χ0v) is 35.0. The molecule has 3 aromatic rings. The van der Waals surface area contributed by atoms with Gasteiger partial charge in [0.2, 0.25) is 5.60 Å². The van der Waals surface area contributed by atoms with Gasteiger partial charge in [-0.3, -0.25) is 9.05 Å². The highest BCUT2D eigenvalue weighted by Crippen LogP contribution is 2.46. The predicted molar refractivity (Wildman–Crippen MR) is 218 cm³/mol. The van der Waals surface area contributed by atoms with E-state index >= 15 is 0 Å². The lowest BCUT2D eigenvalue weighted by Crippen LogP contribution is -2.41. The maximum Gasteiger partial charge on any atom is 0.472 e. The number of rotatable bonds is 29.